The van der Waals surface area contributed by atoms with Gasteiger partial charge in [-0.05, 0) is 67.0 Å². The summed E-state index contributed by atoms with van der Waals surface area (Å²) in [5.74, 6) is -1.78. The van der Waals surface area contributed by atoms with Crippen molar-refractivity contribution in [1.82, 2.24) is 20.1 Å². The van der Waals surface area contributed by atoms with Crippen molar-refractivity contribution in [3.8, 4) is 0 Å². The fourth-order valence-electron chi connectivity index (χ4n) is 7.39. The minimum Gasteiger partial charge on any atom is -0.464 e. The van der Waals surface area contributed by atoms with Crippen LogP contribution in [0.5, 0.6) is 0 Å². The van der Waals surface area contributed by atoms with Crippen LogP contribution in [-0.2, 0) is 31.6 Å². The maximum Gasteiger partial charge on any atom is 0.333 e. The lowest BCUT2D eigenvalue weighted by Crippen LogP contribution is -2.52. The lowest BCUT2D eigenvalue weighted by atomic mass is 9.62. The number of carbonyl (C=O) groups is 4. The van der Waals surface area contributed by atoms with E-state index in [4.69, 9.17) is 4.74 Å². The van der Waals surface area contributed by atoms with Gasteiger partial charge in [-0.2, -0.15) is 0 Å². The Morgan fingerprint density at radius 3 is 2.22 bits per heavy atom. The second-order valence-electron chi connectivity index (χ2n) is 12.9. The third-order valence-corrected chi connectivity index (χ3v) is 10.00. The Balaban J connectivity index is 1.25. The highest BCUT2D eigenvalue weighted by Crippen LogP contribution is 2.48. The Labute approximate surface area is 291 Å². The number of aryl methyl sites for hydroxylation is 1. The van der Waals surface area contributed by atoms with Crippen LogP contribution in [0.15, 0.2) is 108 Å². The second kappa shape index (κ2) is 14.9. The van der Waals surface area contributed by atoms with Crippen molar-refractivity contribution in [1.29, 1.82) is 0 Å². The van der Waals surface area contributed by atoms with E-state index < -0.39 is 29.3 Å². The van der Waals surface area contributed by atoms with Crippen LogP contribution >= 0.6 is 0 Å². The summed E-state index contributed by atoms with van der Waals surface area (Å²) in [6.45, 7) is 2.81. The molecule has 3 amide bonds. The summed E-state index contributed by atoms with van der Waals surface area (Å²) < 4.78 is 6.76. The molecule has 1 aromatic heterocycles. The fourth-order valence-corrected chi connectivity index (χ4v) is 7.39. The molecular weight excluding hydrogens is 632 g/mol. The summed E-state index contributed by atoms with van der Waals surface area (Å²) in [6.07, 6.45) is 3.49. The van der Waals surface area contributed by atoms with E-state index in [1.807, 2.05) is 77.7 Å². The minimum absolute atomic E-state index is 0.0186. The van der Waals surface area contributed by atoms with E-state index >= 15 is 0 Å². The molecule has 0 unspecified atom stereocenters. The molecule has 258 valence electrons. The number of nitrogens with zero attached hydrogens (tertiary/aromatic N) is 2. The Kier molecular flexibility index (Phi) is 10.3. The van der Waals surface area contributed by atoms with Gasteiger partial charge in [0.2, 0.25) is 11.8 Å². The third-order valence-electron chi connectivity index (χ3n) is 10.00. The normalized spacial score (nSPS) is 19.5. The number of rotatable bonds is 9. The molecule has 0 spiro atoms. The number of ether oxygens (including phenoxy) is 1. The monoisotopic (exact) mass is 674 g/mol. The summed E-state index contributed by atoms with van der Waals surface area (Å²) in [5.41, 5.74) is 1.48. The predicted molar refractivity (Wildman–Crippen MR) is 188 cm³/mol. The van der Waals surface area contributed by atoms with Gasteiger partial charge in [0.25, 0.3) is 11.5 Å². The van der Waals surface area contributed by atoms with Gasteiger partial charge in [0, 0.05) is 32.4 Å². The predicted octanol–water partition coefficient (Wildman–Crippen LogP) is 4.39. The number of aromatic nitrogens is 1. The number of carbonyl (C=O) groups excluding carboxylic acids is 4. The number of fused-ring (bicyclic) bond motifs is 1. The van der Waals surface area contributed by atoms with Crippen molar-refractivity contribution < 1.29 is 23.9 Å². The van der Waals surface area contributed by atoms with E-state index in [1.165, 1.54) is 10.6 Å². The highest BCUT2D eigenvalue weighted by Gasteiger charge is 2.50. The quantitative estimate of drug-likeness (QED) is 0.254. The number of benzene rings is 3. The van der Waals surface area contributed by atoms with Crippen LogP contribution in [-0.4, -0.2) is 58.9 Å². The summed E-state index contributed by atoms with van der Waals surface area (Å²) in [4.78, 5) is 69.3. The first-order chi connectivity index (χ1) is 24.2. The average Bonchev–Trinajstić information content (AvgIpc) is 3.15. The van der Waals surface area contributed by atoms with Crippen LogP contribution in [0.3, 0.4) is 0 Å². The fraction of sp³-hybridized carbons (Fsp3) is 0.325. The number of nitrogens with one attached hydrogen (secondary N) is 2. The number of piperidine rings is 1. The Hall–Kier alpha value is -5.51. The van der Waals surface area contributed by atoms with Gasteiger partial charge in [-0.25, -0.2) is 4.79 Å². The number of pyridine rings is 1. The molecule has 2 heterocycles. The number of esters is 1. The van der Waals surface area contributed by atoms with Crippen LogP contribution in [0.4, 0.5) is 0 Å². The molecule has 4 aromatic rings. The second-order valence-corrected chi connectivity index (χ2v) is 12.9. The van der Waals surface area contributed by atoms with Crippen molar-refractivity contribution >= 4 is 23.7 Å². The summed E-state index contributed by atoms with van der Waals surface area (Å²) in [7, 11) is 1.61. The first-order valence-electron chi connectivity index (χ1n) is 17.2. The average molecular weight is 675 g/mol. The van der Waals surface area contributed by atoms with Crippen LogP contribution < -0.4 is 16.2 Å². The van der Waals surface area contributed by atoms with E-state index in [1.54, 1.807) is 38.4 Å². The zero-order valence-corrected chi connectivity index (χ0v) is 28.3. The molecule has 1 fully saturated rings. The minimum atomic E-state index is -1.17. The van der Waals surface area contributed by atoms with Crippen molar-refractivity contribution in [3.63, 3.8) is 0 Å². The highest BCUT2D eigenvalue weighted by molar-refractivity contribution is 5.97. The first-order valence-corrected chi connectivity index (χ1v) is 17.2. The molecule has 0 radical (unpaired) electrons. The first kappa shape index (κ1) is 34.4. The van der Waals surface area contributed by atoms with Crippen molar-refractivity contribution in [2.45, 2.75) is 56.0 Å². The molecule has 3 atom stereocenters. The lowest BCUT2D eigenvalue weighted by molar-refractivity contribution is -0.148. The van der Waals surface area contributed by atoms with E-state index in [2.05, 4.69) is 10.6 Å². The van der Waals surface area contributed by atoms with Gasteiger partial charge in [-0.15, -0.1) is 0 Å². The molecule has 0 bridgehead atoms. The molecule has 10 nitrogen and oxygen atoms in total. The highest BCUT2D eigenvalue weighted by atomic mass is 16.5. The Bertz CT molecular complexity index is 1920. The Morgan fingerprint density at radius 1 is 0.860 bits per heavy atom. The van der Waals surface area contributed by atoms with E-state index in [0.29, 0.717) is 44.3 Å². The number of hydrogen-bond acceptors (Lipinski definition) is 6. The molecule has 50 heavy (non-hydrogen) atoms. The topological polar surface area (TPSA) is 127 Å². The van der Waals surface area contributed by atoms with Crippen LogP contribution in [0.25, 0.3) is 0 Å². The third kappa shape index (κ3) is 6.70. The summed E-state index contributed by atoms with van der Waals surface area (Å²) >= 11 is 0. The smallest absolute Gasteiger partial charge is 0.333 e. The molecule has 0 saturated carbocycles. The van der Waals surface area contributed by atoms with Gasteiger partial charge in [0.15, 0.2) is 6.04 Å². The largest absolute Gasteiger partial charge is 0.464 e. The Morgan fingerprint density at radius 2 is 1.52 bits per heavy atom. The van der Waals surface area contributed by atoms with Gasteiger partial charge in [-0.3, -0.25) is 19.2 Å². The summed E-state index contributed by atoms with van der Waals surface area (Å²) in [5, 5.41) is 6.02. The number of hydrogen-bond donors (Lipinski definition) is 2. The van der Waals surface area contributed by atoms with Gasteiger partial charge in [-0.1, -0.05) is 84.9 Å². The molecule has 1 saturated heterocycles. The van der Waals surface area contributed by atoms with Gasteiger partial charge in [0.1, 0.15) is 5.56 Å². The van der Waals surface area contributed by atoms with Crippen molar-refractivity contribution in [2.24, 2.45) is 7.05 Å². The maximum absolute atomic E-state index is 14.8. The maximum atomic E-state index is 14.8. The molecule has 2 aliphatic rings. The molecule has 10 heteroatoms. The molecule has 6 rings (SSSR count). The molecule has 1 aliphatic carbocycles. The van der Waals surface area contributed by atoms with Crippen LogP contribution in [0, 0.1) is 0 Å². The number of amides is 3. The molecule has 2 N–H and O–H groups in total. The van der Waals surface area contributed by atoms with E-state index in [9.17, 15) is 24.0 Å². The standard InChI is InChI=1S/C40H42N4O6/c1-3-50-38(48)34(27-13-6-4-7-14-27)42-39(49)40(28-15-8-5-9-16-28)23-20-31(30-17-10-11-19-33(30)40)37(47)44-25-21-29(22-26-44)41-35(45)32-18-12-24-43(2)36(32)46/h4-19,24,29,31,34H,3,20-23,25-26H2,1-2H3,(H,41,45)(H,42,49)/t31-,34-,40+/m0/s1. The lowest BCUT2D eigenvalue weighted by Gasteiger charge is -2.43. The van der Waals surface area contributed by atoms with E-state index in [0.717, 1.165) is 16.7 Å². The summed E-state index contributed by atoms with van der Waals surface area (Å²) in [6, 6.07) is 28.2. The van der Waals surface area contributed by atoms with Gasteiger partial charge in [0.05, 0.1) is 17.9 Å². The van der Waals surface area contributed by atoms with Crippen molar-refractivity contribution in [3.05, 3.63) is 141 Å². The molecular formula is C40H42N4O6. The number of likely N-dealkylation sites (tertiary alicyclic amines) is 1. The van der Waals surface area contributed by atoms with Gasteiger partial charge >= 0.3 is 5.97 Å². The zero-order chi connectivity index (χ0) is 35.3. The van der Waals surface area contributed by atoms with Crippen LogP contribution in [0.2, 0.25) is 0 Å². The van der Waals surface area contributed by atoms with E-state index in [-0.39, 0.29) is 35.6 Å². The zero-order valence-electron chi connectivity index (χ0n) is 28.3. The van der Waals surface area contributed by atoms with Crippen LogP contribution in [0.1, 0.15) is 77.2 Å². The molecule has 1 aliphatic heterocycles. The SMILES string of the molecule is CCOC(=O)[C@@H](NC(=O)[C@@]1(c2ccccc2)CC[C@H](C(=O)N2CCC(NC(=O)c3cccn(C)c3=O)CC2)c2ccccc21)c1ccccc1. The van der Waals surface area contributed by atoms with Gasteiger partial charge < -0.3 is 24.8 Å². The molecule has 3 aromatic carbocycles. The van der Waals surface area contributed by atoms with Crippen molar-refractivity contribution in [2.75, 3.05) is 19.7 Å².